The monoisotopic (exact) mass is 378 g/mol. The van der Waals surface area contributed by atoms with Crippen LogP contribution in [-0.2, 0) is 4.79 Å². The molecule has 144 valence electrons. The Morgan fingerprint density at radius 2 is 1.82 bits per heavy atom. The van der Waals surface area contributed by atoms with Gasteiger partial charge in [-0.3, -0.25) is 4.79 Å². The van der Waals surface area contributed by atoms with Gasteiger partial charge in [-0.25, -0.2) is 4.79 Å². The van der Waals surface area contributed by atoms with Crippen LogP contribution in [0.3, 0.4) is 0 Å². The van der Waals surface area contributed by atoms with E-state index in [0.29, 0.717) is 17.8 Å². The molecule has 0 unspecified atom stereocenters. The van der Waals surface area contributed by atoms with Crippen molar-refractivity contribution >= 4 is 16.8 Å². The first-order chi connectivity index (χ1) is 13.6. The minimum absolute atomic E-state index is 0.138. The first kappa shape index (κ1) is 18.3. The number of methoxy groups -OCH3 is 1. The summed E-state index contributed by atoms with van der Waals surface area (Å²) in [6.07, 6.45) is 2.79. The first-order valence-electron chi connectivity index (χ1n) is 9.48. The number of carbonyl (C=O) groups excluding carboxylic acids is 1. The quantitative estimate of drug-likeness (QED) is 0.618. The average molecular weight is 378 g/mol. The number of benzene rings is 2. The Balaban J connectivity index is 1.78. The number of aryl methyl sites for hydroxylation is 1. The summed E-state index contributed by atoms with van der Waals surface area (Å²) in [5.74, 6) is 1.47. The number of hydrogen-bond donors (Lipinski definition) is 0. The van der Waals surface area contributed by atoms with Gasteiger partial charge < -0.3 is 13.9 Å². The molecule has 1 aromatic heterocycles. The minimum atomic E-state index is -0.424. The third-order valence-corrected chi connectivity index (χ3v) is 5.28. The number of Topliss-reactive ketones (excluding diaryl/α,β-unsaturated/α-hetero) is 1. The molecule has 1 aliphatic carbocycles. The van der Waals surface area contributed by atoms with E-state index in [0.717, 1.165) is 47.1 Å². The molecule has 0 aliphatic heterocycles. The van der Waals surface area contributed by atoms with Gasteiger partial charge in [0.05, 0.1) is 7.11 Å². The highest BCUT2D eigenvalue weighted by molar-refractivity contribution is 5.95. The molecule has 1 aliphatic rings. The van der Waals surface area contributed by atoms with E-state index < -0.39 is 11.7 Å². The Bertz CT molecular complexity index is 1080. The third-order valence-electron chi connectivity index (χ3n) is 5.28. The van der Waals surface area contributed by atoms with Crippen LogP contribution >= 0.6 is 0 Å². The summed E-state index contributed by atoms with van der Waals surface area (Å²) < 4.78 is 16.7. The molecular weight excluding hydrogens is 356 g/mol. The van der Waals surface area contributed by atoms with Gasteiger partial charge in [-0.05, 0) is 61.6 Å². The van der Waals surface area contributed by atoms with Gasteiger partial charge in [0.2, 0.25) is 0 Å². The number of carbonyl (C=O) groups is 1. The van der Waals surface area contributed by atoms with Crippen molar-refractivity contribution in [1.29, 1.82) is 0 Å². The van der Waals surface area contributed by atoms with Gasteiger partial charge in [0.15, 0.2) is 11.9 Å². The molecule has 1 saturated carbocycles. The van der Waals surface area contributed by atoms with E-state index in [1.807, 2.05) is 43.3 Å². The molecule has 1 fully saturated rings. The molecule has 5 heteroatoms. The van der Waals surface area contributed by atoms with E-state index in [-0.39, 0.29) is 5.78 Å². The van der Waals surface area contributed by atoms with Crippen LogP contribution in [-0.4, -0.2) is 19.0 Å². The Morgan fingerprint density at radius 1 is 1.04 bits per heavy atom. The lowest BCUT2D eigenvalue weighted by molar-refractivity contribution is -0.127. The highest BCUT2D eigenvalue weighted by atomic mass is 16.5. The molecule has 0 amide bonds. The van der Waals surface area contributed by atoms with E-state index in [2.05, 4.69) is 0 Å². The van der Waals surface area contributed by atoms with Crippen molar-refractivity contribution in [1.82, 2.24) is 0 Å². The van der Waals surface area contributed by atoms with Gasteiger partial charge in [-0.15, -0.1) is 0 Å². The zero-order valence-electron chi connectivity index (χ0n) is 16.0. The standard InChI is InChI=1S/C23H22O5/c1-14-20(27-21-6-4-3-5-19(21)24)12-11-17-18(13-22(25)28-23(14)17)15-7-9-16(26-2)10-8-15/h7-13,21H,3-6H2,1-2H3/t21-/m0/s1. The van der Waals surface area contributed by atoms with Crippen molar-refractivity contribution in [3.8, 4) is 22.6 Å². The summed E-state index contributed by atoms with van der Waals surface area (Å²) in [6.45, 7) is 1.85. The van der Waals surface area contributed by atoms with E-state index in [1.165, 1.54) is 6.07 Å². The van der Waals surface area contributed by atoms with Crippen LogP contribution in [0.15, 0.2) is 51.7 Å². The Morgan fingerprint density at radius 3 is 2.54 bits per heavy atom. The van der Waals surface area contributed by atoms with Gasteiger partial charge in [0.1, 0.15) is 17.1 Å². The molecule has 28 heavy (non-hydrogen) atoms. The summed E-state index contributed by atoms with van der Waals surface area (Å²) in [7, 11) is 1.61. The smallest absolute Gasteiger partial charge is 0.336 e. The molecule has 4 rings (SSSR count). The van der Waals surface area contributed by atoms with E-state index in [1.54, 1.807) is 7.11 Å². The highest BCUT2D eigenvalue weighted by Gasteiger charge is 2.25. The molecule has 2 aromatic carbocycles. The molecule has 0 saturated heterocycles. The lowest BCUT2D eigenvalue weighted by Gasteiger charge is -2.23. The summed E-state index contributed by atoms with van der Waals surface area (Å²) in [4.78, 5) is 24.3. The second-order valence-electron chi connectivity index (χ2n) is 7.09. The summed E-state index contributed by atoms with van der Waals surface area (Å²) in [6, 6.07) is 12.8. The van der Waals surface area contributed by atoms with Crippen molar-refractivity contribution in [2.75, 3.05) is 7.11 Å². The largest absolute Gasteiger partial charge is 0.497 e. The van der Waals surface area contributed by atoms with Crippen LogP contribution in [0.5, 0.6) is 11.5 Å². The molecule has 3 aromatic rings. The summed E-state index contributed by atoms with van der Waals surface area (Å²) in [5.41, 5.74) is 2.47. The molecule has 0 N–H and O–H groups in total. The Labute approximate surface area is 162 Å². The van der Waals surface area contributed by atoms with Crippen molar-refractivity contribution in [3.05, 3.63) is 58.4 Å². The molecule has 1 heterocycles. The highest BCUT2D eigenvalue weighted by Crippen LogP contribution is 2.34. The van der Waals surface area contributed by atoms with Crippen molar-refractivity contribution in [3.63, 3.8) is 0 Å². The second-order valence-corrected chi connectivity index (χ2v) is 7.09. The van der Waals surface area contributed by atoms with Gasteiger partial charge in [0, 0.05) is 23.4 Å². The number of rotatable bonds is 4. The first-order valence-corrected chi connectivity index (χ1v) is 9.48. The van der Waals surface area contributed by atoms with Gasteiger partial charge >= 0.3 is 5.63 Å². The molecule has 5 nitrogen and oxygen atoms in total. The zero-order valence-corrected chi connectivity index (χ0v) is 16.0. The maximum Gasteiger partial charge on any atom is 0.336 e. The number of ketones is 1. The summed E-state index contributed by atoms with van der Waals surface area (Å²) in [5, 5.41) is 0.824. The van der Waals surface area contributed by atoms with E-state index >= 15 is 0 Å². The van der Waals surface area contributed by atoms with Gasteiger partial charge in [-0.1, -0.05) is 12.1 Å². The number of fused-ring (bicyclic) bond motifs is 1. The zero-order chi connectivity index (χ0) is 19.7. The van der Waals surface area contributed by atoms with Crippen molar-refractivity contribution < 1.29 is 18.7 Å². The van der Waals surface area contributed by atoms with Crippen molar-refractivity contribution in [2.45, 2.75) is 38.7 Å². The number of ether oxygens (including phenoxy) is 2. The van der Waals surface area contributed by atoms with Crippen LogP contribution in [0, 0.1) is 6.92 Å². The summed E-state index contributed by atoms with van der Waals surface area (Å²) >= 11 is 0. The average Bonchev–Trinajstić information content (AvgIpc) is 2.71. The minimum Gasteiger partial charge on any atom is -0.497 e. The maximum atomic E-state index is 12.2. The van der Waals surface area contributed by atoms with Gasteiger partial charge in [0.25, 0.3) is 0 Å². The lowest BCUT2D eigenvalue weighted by Crippen LogP contribution is -2.30. The lowest BCUT2D eigenvalue weighted by atomic mass is 9.96. The SMILES string of the molecule is COc1ccc(-c2cc(=O)oc3c(C)c(O[C@H]4CCCCC4=O)ccc23)cc1. The Hall–Kier alpha value is -3.08. The molecule has 0 radical (unpaired) electrons. The molecular formula is C23H22O5. The van der Waals surface area contributed by atoms with Crippen LogP contribution in [0.4, 0.5) is 0 Å². The molecule has 1 atom stereocenters. The fraction of sp³-hybridized carbons (Fsp3) is 0.304. The maximum absolute atomic E-state index is 12.2. The van der Waals surface area contributed by atoms with Gasteiger partial charge in [-0.2, -0.15) is 0 Å². The van der Waals surface area contributed by atoms with E-state index in [4.69, 9.17) is 13.9 Å². The van der Waals surface area contributed by atoms with E-state index in [9.17, 15) is 9.59 Å². The second kappa shape index (κ2) is 7.50. The topological polar surface area (TPSA) is 65.7 Å². The predicted molar refractivity (Wildman–Crippen MR) is 107 cm³/mol. The predicted octanol–water partition coefficient (Wildman–Crippen LogP) is 4.67. The molecule has 0 bridgehead atoms. The van der Waals surface area contributed by atoms with Crippen LogP contribution in [0.2, 0.25) is 0 Å². The fourth-order valence-corrected chi connectivity index (χ4v) is 3.71. The van der Waals surface area contributed by atoms with Crippen LogP contribution in [0.1, 0.15) is 31.2 Å². The Kier molecular flexibility index (Phi) is 4.90. The van der Waals surface area contributed by atoms with Crippen LogP contribution in [0.25, 0.3) is 22.1 Å². The third kappa shape index (κ3) is 3.40. The van der Waals surface area contributed by atoms with Crippen molar-refractivity contribution in [2.24, 2.45) is 0 Å². The molecule has 0 spiro atoms. The number of hydrogen-bond acceptors (Lipinski definition) is 5. The fourth-order valence-electron chi connectivity index (χ4n) is 3.71. The normalized spacial score (nSPS) is 16.9. The van der Waals surface area contributed by atoms with Crippen LogP contribution < -0.4 is 15.1 Å².